The maximum atomic E-state index is 13.1. The SMILES string of the molecule is COc1ccc(C2=C[C@@H](c3ccco3)N(C(=O)c3cccc(Cl)c3)N2)cc1. The Morgan fingerprint density at radius 1 is 1.15 bits per heavy atom. The van der Waals surface area contributed by atoms with Gasteiger partial charge in [-0.1, -0.05) is 17.7 Å². The van der Waals surface area contributed by atoms with E-state index in [4.69, 9.17) is 20.8 Å². The van der Waals surface area contributed by atoms with Crippen LogP contribution in [0.2, 0.25) is 5.02 Å². The van der Waals surface area contributed by atoms with Crippen molar-refractivity contribution in [3.63, 3.8) is 0 Å². The third-order valence-corrected chi connectivity index (χ3v) is 4.60. The number of carbonyl (C=O) groups excluding carboxylic acids is 1. The molecule has 6 heteroatoms. The summed E-state index contributed by atoms with van der Waals surface area (Å²) in [5.41, 5.74) is 5.45. The van der Waals surface area contributed by atoms with Gasteiger partial charge in [0.1, 0.15) is 17.6 Å². The molecule has 1 aromatic heterocycles. The Morgan fingerprint density at radius 2 is 1.96 bits per heavy atom. The van der Waals surface area contributed by atoms with Crippen LogP contribution in [0.25, 0.3) is 5.70 Å². The van der Waals surface area contributed by atoms with Crippen LogP contribution >= 0.6 is 11.6 Å². The molecule has 3 aromatic rings. The van der Waals surface area contributed by atoms with Crippen LogP contribution in [0.1, 0.15) is 27.7 Å². The molecule has 27 heavy (non-hydrogen) atoms. The molecule has 0 aliphatic carbocycles. The van der Waals surface area contributed by atoms with Gasteiger partial charge in [0.05, 0.1) is 19.1 Å². The number of methoxy groups -OCH3 is 1. The largest absolute Gasteiger partial charge is 0.497 e. The average molecular weight is 381 g/mol. The monoisotopic (exact) mass is 380 g/mol. The lowest BCUT2D eigenvalue weighted by atomic mass is 10.1. The zero-order chi connectivity index (χ0) is 18.8. The number of nitrogens with one attached hydrogen (secondary N) is 1. The predicted octanol–water partition coefficient (Wildman–Crippen LogP) is 4.68. The van der Waals surface area contributed by atoms with Gasteiger partial charge in [0, 0.05) is 10.6 Å². The zero-order valence-corrected chi connectivity index (χ0v) is 15.3. The van der Waals surface area contributed by atoms with E-state index in [0.717, 1.165) is 17.0 Å². The Balaban J connectivity index is 1.68. The van der Waals surface area contributed by atoms with Crippen LogP contribution in [-0.2, 0) is 0 Å². The number of ether oxygens (including phenoxy) is 1. The number of hydrogen-bond acceptors (Lipinski definition) is 4. The molecule has 1 aliphatic heterocycles. The molecule has 0 spiro atoms. The zero-order valence-electron chi connectivity index (χ0n) is 14.6. The number of rotatable bonds is 4. The molecule has 1 amide bonds. The number of furan rings is 1. The van der Waals surface area contributed by atoms with E-state index in [-0.39, 0.29) is 11.9 Å². The third-order valence-electron chi connectivity index (χ3n) is 4.37. The van der Waals surface area contributed by atoms with E-state index in [1.807, 2.05) is 36.4 Å². The molecule has 0 saturated carbocycles. The summed E-state index contributed by atoms with van der Waals surface area (Å²) in [6.45, 7) is 0. The van der Waals surface area contributed by atoms with Gasteiger partial charge in [-0.25, -0.2) is 5.01 Å². The molecule has 1 atom stereocenters. The van der Waals surface area contributed by atoms with Crippen molar-refractivity contribution in [1.82, 2.24) is 10.4 Å². The first-order chi connectivity index (χ1) is 13.2. The van der Waals surface area contributed by atoms with Gasteiger partial charge >= 0.3 is 0 Å². The Labute approximate surface area is 161 Å². The van der Waals surface area contributed by atoms with Gasteiger partial charge in [-0.3, -0.25) is 10.2 Å². The molecule has 2 aromatic carbocycles. The van der Waals surface area contributed by atoms with Gasteiger partial charge < -0.3 is 9.15 Å². The Hall–Kier alpha value is -3.18. The van der Waals surface area contributed by atoms with E-state index in [2.05, 4.69) is 5.43 Å². The van der Waals surface area contributed by atoms with Crippen molar-refractivity contribution < 1.29 is 13.9 Å². The van der Waals surface area contributed by atoms with Gasteiger partial charge in [0.15, 0.2) is 0 Å². The van der Waals surface area contributed by atoms with Crippen LogP contribution in [0, 0.1) is 0 Å². The fourth-order valence-electron chi connectivity index (χ4n) is 3.01. The van der Waals surface area contributed by atoms with E-state index in [1.54, 1.807) is 48.7 Å². The summed E-state index contributed by atoms with van der Waals surface area (Å²) in [4.78, 5) is 13.1. The lowest BCUT2D eigenvalue weighted by Crippen LogP contribution is -2.39. The Kier molecular flexibility index (Phi) is 4.60. The number of benzene rings is 2. The smallest absolute Gasteiger partial charge is 0.273 e. The first-order valence-corrected chi connectivity index (χ1v) is 8.79. The molecular formula is C21H17ClN2O3. The lowest BCUT2D eigenvalue weighted by Gasteiger charge is -2.24. The maximum absolute atomic E-state index is 13.1. The van der Waals surface area contributed by atoms with E-state index < -0.39 is 0 Å². The van der Waals surface area contributed by atoms with Crippen LogP contribution in [0.15, 0.2) is 77.4 Å². The van der Waals surface area contributed by atoms with Crippen LogP contribution in [0.5, 0.6) is 5.75 Å². The topological polar surface area (TPSA) is 54.7 Å². The number of hydrogen-bond donors (Lipinski definition) is 1. The highest BCUT2D eigenvalue weighted by molar-refractivity contribution is 6.31. The van der Waals surface area contributed by atoms with Gasteiger partial charge in [0.25, 0.3) is 5.91 Å². The van der Waals surface area contributed by atoms with E-state index in [1.165, 1.54) is 0 Å². The van der Waals surface area contributed by atoms with Crippen molar-refractivity contribution >= 4 is 23.2 Å². The van der Waals surface area contributed by atoms with E-state index in [0.29, 0.717) is 16.3 Å². The van der Waals surface area contributed by atoms with Crippen molar-refractivity contribution in [2.45, 2.75) is 6.04 Å². The second kappa shape index (κ2) is 7.21. The minimum atomic E-state index is -0.372. The summed E-state index contributed by atoms with van der Waals surface area (Å²) in [6, 6.07) is 17.8. The van der Waals surface area contributed by atoms with Crippen molar-refractivity contribution in [2.75, 3.05) is 7.11 Å². The molecular weight excluding hydrogens is 364 g/mol. The maximum Gasteiger partial charge on any atom is 0.273 e. The number of amides is 1. The summed E-state index contributed by atoms with van der Waals surface area (Å²) in [7, 11) is 1.63. The van der Waals surface area contributed by atoms with Crippen molar-refractivity contribution in [3.05, 3.63) is 94.9 Å². The molecule has 0 saturated heterocycles. The standard InChI is InChI=1S/C21H17ClN2O3/c1-26-17-9-7-14(8-10-17)18-13-19(20-6-3-11-27-20)24(23-18)21(25)15-4-2-5-16(22)12-15/h2-13,19,23H,1H3/t19-/m0/s1. The molecule has 0 bridgehead atoms. The molecule has 4 rings (SSSR count). The first kappa shape index (κ1) is 17.2. The van der Waals surface area contributed by atoms with Crippen LogP contribution in [0.4, 0.5) is 0 Å². The second-order valence-corrected chi connectivity index (χ2v) is 6.50. The fourth-order valence-corrected chi connectivity index (χ4v) is 3.20. The van der Waals surface area contributed by atoms with Crippen LogP contribution in [-0.4, -0.2) is 18.0 Å². The molecule has 0 fully saturated rings. The van der Waals surface area contributed by atoms with E-state index in [9.17, 15) is 4.79 Å². The summed E-state index contributed by atoms with van der Waals surface area (Å²) >= 11 is 6.05. The highest BCUT2D eigenvalue weighted by Gasteiger charge is 2.33. The summed E-state index contributed by atoms with van der Waals surface area (Å²) < 4.78 is 10.8. The lowest BCUT2D eigenvalue weighted by molar-refractivity contribution is 0.0655. The van der Waals surface area contributed by atoms with Crippen LogP contribution in [0.3, 0.4) is 0 Å². The minimum absolute atomic E-state index is 0.196. The molecule has 1 aliphatic rings. The quantitative estimate of drug-likeness (QED) is 0.713. The number of hydrazine groups is 1. The van der Waals surface area contributed by atoms with Crippen molar-refractivity contribution in [3.8, 4) is 5.75 Å². The number of carbonyl (C=O) groups is 1. The van der Waals surface area contributed by atoms with Crippen LogP contribution < -0.4 is 10.2 Å². The van der Waals surface area contributed by atoms with Gasteiger partial charge in [0.2, 0.25) is 0 Å². The highest BCUT2D eigenvalue weighted by Crippen LogP contribution is 2.33. The van der Waals surface area contributed by atoms with Gasteiger partial charge in [-0.2, -0.15) is 0 Å². The minimum Gasteiger partial charge on any atom is -0.497 e. The first-order valence-electron chi connectivity index (χ1n) is 8.41. The highest BCUT2D eigenvalue weighted by atomic mass is 35.5. The Morgan fingerprint density at radius 3 is 2.63 bits per heavy atom. The average Bonchev–Trinajstić information content (AvgIpc) is 3.37. The predicted molar refractivity (Wildman–Crippen MR) is 103 cm³/mol. The molecule has 2 heterocycles. The molecule has 0 unspecified atom stereocenters. The van der Waals surface area contributed by atoms with E-state index >= 15 is 0 Å². The normalized spacial score (nSPS) is 16.0. The van der Waals surface area contributed by atoms with Crippen molar-refractivity contribution in [2.24, 2.45) is 0 Å². The third kappa shape index (κ3) is 3.41. The van der Waals surface area contributed by atoms with Gasteiger partial charge in [-0.05, 0) is 66.2 Å². The summed E-state index contributed by atoms with van der Waals surface area (Å²) in [5.74, 6) is 1.24. The number of nitrogens with zero attached hydrogens (tertiary/aromatic N) is 1. The molecule has 5 nitrogen and oxygen atoms in total. The second-order valence-electron chi connectivity index (χ2n) is 6.07. The Bertz CT molecular complexity index is 981. The fraction of sp³-hybridized carbons (Fsp3) is 0.0952. The number of halogens is 1. The molecule has 0 radical (unpaired) electrons. The summed E-state index contributed by atoms with van der Waals surface area (Å²) in [5, 5.41) is 2.06. The van der Waals surface area contributed by atoms with Gasteiger partial charge in [-0.15, -0.1) is 0 Å². The van der Waals surface area contributed by atoms with Crippen molar-refractivity contribution in [1.29, 1.82) is 0 Å². The molecule has 136 valence electrons. The molecule has 1 N–H and O–H groups in total. The summed E-state index contributed by atoms with van der Waals surface area (Å²) in [6.07, 6.45) is 3.56.